The average Bonchev–Trinajstić information content (AvgIpc) is 3.11. The average molecular weight is 298 g/mol. The smallest absolute Gasteiger partial charge is 0.423 e. The SMILES string of the molecule is OB1OCc2ccc(NSc3ccc4c(c3)CCN4)cc21. The van der Waals surface area contributed by atoms with Crippen LogP contribution in [0.1, 0.15) is 11.1 Å². The van der Waals surface area contributed by atoms with Crippen molar-refractivity contribution in [2.45, 2.75) is 17.9 Å². The molecule has 0 saturated carbocycles. The van der Waals surface area contributed by atoms with E-state index in [4.69, 9.17) is 4.65 Å². The second kappa shape index (κ2) is 5.29. The van der Waals surface area contributed by atoms with E-state index in [1.54, 1.807) is 11.9 Å². The van der Waals surface area contributed by atoms with Gasteiger partial charge in [0.05, 0.1) is 6.61 Å². The van der Waals surface area contributed by atoms with Gasteiger partial charge in [0.15, 0.2) is 0 Å². The Labute approximate surface area is 128 Å². The highest BCUT2D eigenvalue weighted by atomic mass is 32.2. The molecule has 4 nitrogen and oxygen atoms in total. The first-order valence-corrected chi connectivity index (χ1v) is 7.83. The van der Waals surface area contributed by atoms with Crippen LogP contribution < -0.4 is 15.5 Å². The van der Waals surface area contributed by atoms with Gasteiger partial charge in [-0.15, -0.1) is 0 Å². The zero-order valence-electron chi connectivity index (χ0n) is 11.4. The van der Waals surface area contributed by atoms with Gasteiger partial charge >= 0.3 is 7.12 Å². The molecule has 2 aromatic rings. The van der Waals surface area contributed by atoms with E-state index >= 15 is 0 Å². The summed E-state index contributed by atoms with van der Waals surface area (Å²) >= 11 is 1.59. The van der Waals surface area contributed by atoms with Crippen molar-refractivity contribution in [1.82, 2.24) is 0 Å². The molecule has 0 saturated heterocycles. The zero-order valence-corrected chi connectivity index (χ0v) is 12.2. The molecule has 21 heavy (non-hydrogen) atoms. The number of anilines is 2. The number of nitrogens with one attached hydrogen (secondary N) is 2. The minimum absolute atomic E-state index is 0.488. The summed E-state index contributed by atoms with van der Waals surface area (Å²) < 4.78 is 8.54. The van der Waals surface area contributed by atoms with Crippen LogP contribution in [0, 0.1) is 0 Å². The van der Waals surface area contributed by atoms with E-state index in [0.29, 0.717) is 6.61 Å². The molecule has 0 aliphatic carbocycles. The minimum Gasteiger partial charge on any atom is -0.423 e. The number of fused-ring (bicyclic) bond motifs is 2. The van der Waals surface area contributed by atoms with Crippen molar-refractivity contribution >= 4 is 35.9 Å². The van der Waals surface area contributed by atoms with Crippen LogP contribution in [0.4, 0.5) is 11.4 Å². The Morgan fingerprint density at radius 2 is 2.14 bits per heavy atom. The van der Waals surface area contributed by atoms with Gasteiger partial charge in [-0.3, -0.25) is 0 Å². The van der Waals surface area contributed by atoms with Gasteiger partial charge in [-0.1, -0.05) is 6.07 Å². The third-order valence-electron chi connectivity index (χ3n) is 3.88. The number of hydrogen-bond donors (Lipinski definition) is 3. The van der Waals surface area contributed by atoms with Crippen molar-refractivity contribution in [1.29, 1.82) is 0 Å². The summed E-state index contributed by atoms with van der Waals surface area (Å²) in [5.74, 6) is 0. The van der Waals surface area contributed by atoms with E-state index in [1.165, 1.54) is 16.1 Å². The molecular formula is C15H15BN2O2S. The quantitative estimate of drug-likeness (QED) is 0.598. The second-order valence-electron chi connectivity index (χ2n) is 5.28. The van der Waals surface area contributed by atoms with Crippen LogP contribution in [-0.4, -0.2) is 18.7 Å². The standard InChI is InChI=1S/C15H15BN2O2S/c19-16-14-8-12(2-1-11(14)9-20-16)18-21-13-3-4-15-10(7-13)5-6-17-15/h1-4,7-8,17-19H,5-6,9H2. The van der Waals surface area contributed by atoms with Crippen LogP contribution in [-0.2, 0) is 17.7 Å². The molecule has 2 aromatic carbocycles. The number of benzene rings is 2. The predicted molar refractivity (Wildman–Crippen MR) is 87.0 cm³/mol. The van der Waals surface area contributed by atoms with Crippen LogP contribution >= 0.6 is 11.9 Å². The number of rotatable bonds is 3. The van der Waals surface area contributed by atoms with Gasteiger partial charge in [-0.2, -0.15) is 0 Å². The third-order valence-corrected chi connectivity index (χ3v) is 4.71. The maximum atomic E-state index is 9.73. The molecule has 2 heterocycles. The van der Waals surface area contributed by atoms with E-state index in [9.17, 15) is 5.02 Å². The molecule has 106 valence electrons. The van der Waals surface area contributed by atoms with Gasteiger partial charge in [-0.05, 0) is 65.3 Å². The molecule has 0 radical (unpaired) electrons. The van der Waals surface area contributed by atoms with Crippen molar-refractivity contribution < 1.29 is 9.68 Å². The van der Waals surface area contributed by atoms with Crippen molar-refractivity contribution in [2.75, 3.05) is 16.6 Å². The van der Waals surface area contributed by atoms with Gasteiger partial charge < -0.3 is 19.7 Å². The summed E-state index contributed by atoms with van der Waals surface area (Å²) in [7, 11) is -0.794. The van der Waals surface area contributed by atoms with E-state index in [1.807, 2.05) is 18.2 Å². The maximum absolute atomic E-state index is 9.73. The Kier molecular flexibility index (Phi) is 3.29. The first kappa shape index (κ1) is 13.1. The summed E-state index contributed by atoms with van der Waals surface area (Å²) in [6, 6.07) is 12.4. The Balaban J connectivity index is 1.48. The molecule has 0 unspecified atom stereocenters. The molecule has 0 atom stereocenters. The van der Waals surface area contributed by atoms with Gasteiger partial charge in [0, 0.05) is 22.8 Å². The van der Waals surface area contributed by atoms with Gasteiger partial charge in [0.1, 0.15) is 0 Å². The monoisotopic (exact) mass is 298 g/mol. The molecular weight excluding hydrogens is 283 g/mol. The third kappa shape index (κ3) is 2.50. The second-order valence-corrected chi connectivity index (χ2v) is 6.16. The fourth-order valence-electron chi connectivity index (χ4n) is 2.74. The highest BCUT2D eigenvalue weighted by Gasteiger charge is 2.27. The van der Waals surface area contributed by atoms with E-state index in [0.717, 1.165) is 29.7 Å². The lowest BCUT2D eigenvalue weighted by molar-refractivity contribution is 0.275. The van der Waals surface area contributed by atoms with Gasteiger partial charge in [0.2, 0.25) is 0 Å². The largest absolute Gasteiger partial charge is 0.491 e. The Morgan fingerprint density at radius 1 is 1.19 bits per heavy atom. The zero-order chi connectivity index (χ0) is 14.2. The lowest BCUT2D eigenvalue weighted by Crippen LogP contribution is -2.28. The van der Waals surface area contributed by atoms with Crippen molar-refractivity contribution in [3.63, 3.8) is 0 Å². The van der Waals surface area contributed by atoms with Crippen LogP contribution in [0.5, 0.6) is 0 Å². The van der Waals surface area contributed by atoms with E-state index in [2.05, 4.69) is 28.2 Å². The molecule has 0 fully saturated rings. The minimum atomic E-state index is -0.794. The van der Waals surface area contributed by atoms with Gasteiger partial charge in [-0.25, -0.2) is 0 Å². The van der Waals surface area contributed by atoms with Crippen molar-refractivity contribution in [3.8, 4) is 0 Å². The summed E-state index contributed by atoms with van der Waals surface area (Å²) in [5.41, 5.74) is 5.51. The summed E-state index contributed by atoms with van der Waals surface area (Å²) in [4.78, 5) is 1.19. The lowest BCUT2D eigenvalue weighted by Gasteiger charge is -2.08. The molecule has 0 bridgehead atoms. The summed E-state index contributed by atoms with van der Waals surface area (Å²) in [6.07, 6.45) is 1.09. The maximum Gasteiger partial charge on any atom is 0.491 e. The normalized spacial score (nSPS) is 15.6. The Bertz CT molecular complexity index is 695. The van der Waals surface area contributed by atoms with E-state index in [-0.39, 0.29) is 0 Å². The van der Waals surface area contributed by atoms with Crippen LogP contribution in [0.25, 0.3) is 0 Å². The van der Waals surface area contributed by atoms with Crippen molar-refractivity contribution in [2.24, 2.45) is 0 Å². The summed E-state index contributed by atoms with van der Waals surface area (Å²) in [5, 5.41) is 13.1. The predicted octanol–water partition coefficient (Wildman–Crippen LogP) is 1.99. The Morgan fingerprint density at radius 3 is 3.10 bits per heavy atom. The van der Waals surface area contributed by atoms with Crippen LogP contribution in [0.2, 0.25) is 0 Å². The highest BCUT2D eigenvalue weighted by Crippen LogP contribution is 2.29. The van der Waals surface area contributed by atoms with Crippen LogP contribution in [0.15, 0.2) is 41.3 Å². The molecule has 0 amide bonds. The van der Waals surface area contributed by atoms with Gasteiger partial charge in [0.25, 0.3) is 0 Å². The molecule has 4 rings (SSSR count). The molecule has 3 N–H and O–H groups in total. The van der Waals surface area contributed by atoms with E-state index < -0.39 is 7.12 Å². The summed E-state index contributed by atoms with van der Waals surface area (Å²) in [6.45, 7) is 1.52. The highest BCUT2D eigenvalue weighted by molar-refractivity contribution is 8.00. The van der Waals surface area contributed by atoms with Crippen molar-refractivity contribution in [3.05, 3.63) is 47.5 Å². The fourth-order valence-corrected chi connectivity index (χ4v) is 3.44. The lowest BCUT2D eigenvalue weighted by atomic mass is 9.79. The molecule has 2 aliphatic rings. The topological polar surface area (TPSA) is 53.5 Å². The first-order chi connectivity index (χ1) is 10.3. The molecule has 0 aromatic heterocycles. The molecule has 0 spiro atoms. The number of hydrogen-bond acceptors (Lipinski definition) is 5. The molecule has 6 heteroatoms. The molecule has 2 aliphatic heterocycles. The first-order valence-electron chi connectivity index (χ1n) is 7.02. The van der Waals surface area contributed by atoms with Crippen LogP contribution in [0.3, 0.4) is 0 Å². The Hall–Kier alpha value is -1.63. The fraction of sp³-hybridized carbons (Fsp3) is 0.200.